The van der Waals surface area contributed by atoms with Crippen LogP contribution in [-0.2, 0) is 6.54 Å². The summed E-state index contributed by atoms with van der Waals surface area (Å²) in [6, 6.07) is 26.4. The number of hydrogen-bond donors (Lipinski definition) is 1. The van der Waals surface area contributed by atoms with Gasteiger partial charge in [0.15, 0.2) is 5.11 Å². The van der Waals surface area contributed by atoms with E-state index in [2.05, 4.69) is 62.4 Å². The molecule has 0 amide bonds. The van der Waals surface area contributed by atoms with Gasteiger partial charge in [-0.25, -0.2) is 0 Å². The molecule has 6 nitrogen and oxygen atoms in total. The van der Waals surface area contributed by atoms with Crippen molar-refractivity contribution in [2.45, 2.75) is 25.6 Å². The lowest BCUT2D eigenvalue weighted by molar-refractivity contribution is 0.302. The highest BCUT2D eigenvalue weighted by atomic mass is 32.1. The zero-order valence-electron chi connectivity index (χ0n) is 19.8. The van der Waals surface area contributed by atoms with Gasteiger partial charge in [-0.1, -0.05) is 18.2 Å². The van der Waals surface area contributed by atoms with Crippen molar-refractivity contribution in [1.82, 2.24) is 19.8 Å². The van der Waals surface area contributed by atoms with Crippen molar-refractivity contribution in [3.05, 3.63) is 108 Å². The number of nitrogens with one attached hydrogen (secondary N) is 1. The van der Waals surface area contributed by atoms with E-state index < -0.39 is 0 Å². The molecule has 0 bridgehead atoms. The summed E-state index contributed by atoms with van der Waals surface area (Å²) in [5.74, 6) is 1.70. The number of rotatable bonds is 8. The summed E-state index contributed by atoms with van der Waals surface area (Å²) in [4.78, 5) is 6.91. The van der Waals surface area contributed by atoms with Gasteiger partial charge in [-0.3, -0.25) is 4.98 Å². The second-order valence-electron chi connectivity index (χ2n) is 8.33. The predicted molar refractivity (Wildman–Crippen MR) is 141 cm³/mol. The lowest BCUT2D eigenvalue weighted by Crippen LogP contribution is -2.30. The fourth-order valence-corrected chi connectivity index (χ4v) is 4.87. The van der Waals surface area contributed by atoms with Crippen molar-refractivity contribution < 1.29 is 9.47 Å². The monoisotopic (exact) mass is 484 g/mol. The lowest BCUT2D eigenvalue weighted by Gasteiger charge is -2.29. The highest BCUT2D eigenvalue weighted by molar-refractivity contribution is 7.80. The van der Waals surface area contributed by atoms with Crippen molar-refractivity contribution in [2.24, 2.45) is 0 Å². The highest BCUT2D eigenvalue weighted by Gasteiger charge is 2.41. The molecule has 7 heteroatoms. The van der Waals surface area contributed by atoms with E-state index in [9.17, 15) is 0 Å². The van der Waals surface area contributed by atoms with Crippen LogP contribution >= 0.6 is 12.2 Å². The number of aromatic nitrogens is 2. The van der Waals surface area contributed by atoms with Gasteiger partial charge in [0.1, 0.15) is 11.5 Å². The molecule has 1 N–H and O–H groups in total. The maximum atomic E-state index is 5.86. The SMILES string of the molecule is CCOc1ccc(-n2cccc2[C@@H]2[C@H](c3ccccn3)NC(=S)N2Cc2ccc(OC)cc2)cc1. The highest BCUT2D eigenvalue weighted by Crippen LogP contribution is 2.40. The summed E-state index contributed by atoms with van der Waals surface area (Å²) in [6.45, 7) is 3.30. The summed E-state index contributed by atoms with van der Waals surface area (Å²) < 4.78 is 13.2. The van der Waals surface area contributed by atoms with Gasteiger partial charge in [-0.15, -0.1) is 0 Å². The van der Waals surface area contributed by atoms with E-state index in [-0.39, 0.29) is 12.1 Å². The first-order valence-corrected chi connectivity index (χ1v) is 12.1. The van der Waals surface area contributed by atoms with E-state index in [1.165, 1.54) is 0 Å². The maximum Gasteiger partial charge on any atom is 0.170 e. The quantitative estimate of drug-likeness (QED) is 0.336. The van der Waals surface area contributed by atoms with Crippen molar-refractivity contribution in [2.75, 3.05) is 13.7 Å². The molecule has 1 aliphatic heterocycles. The molecular formula is C28H28N4O2S. The van der Waals surface area contributed by atoms with Crippen LogP contribution in [0.2, 0.25) is 0 Å². The van der Waals surface area contributed by atoms with E-state index in [1.54, 1.807) is 7.11 Å². The Morgan fingerprint density at radius 3 is 2.40 bits per heavy atom. The molecule has 0 spiro atoms. The smallest absolute Gasteiger partial charge is 0.170 e. The van der Waals surface area contributed by atoms with Crippen LogP contribution in [0.4, 0.5) is 0 Å². The maximum absolute atomic E-state index is 5.86. The number of pyridine rings is 1. The topological polar surface area (TPSA) is 51.5 Å². The Morgan fingerprint density at radius 2 is 1.71 bits per heavy atom. The number of thiocarbonyl (C=S) groups is 1. The van der Waals surface area contributed by atoms with Crippen molar-refractivity contribution in [3.8, 4) is 17.2 Å². The van der Waals surface area contributed by atoms with Crippen LogP contribution < -0.4 is 14.8 Å². The summed E-state index contributed by atoms with van der Waals surface area (Å²) in [7, 11) is 1.68. The number of ether oxygens (including phenoxy) is 2. The van der Waals surface area contributed by atoms with Crippen LogP contribution in [0.25, 0.3) is 5.69 Å². The largest absolute Gasteiger partial charge is 0.497 e. The lowest BCUT2D eigenvalue weighted by atomic mass is 10.0. The average Bonchev–Trinajstić information content (AvgIpc) is 3.50. The van der Waals surface area contributed by atoms with Crippen LogP contribution in [0.1, 0.15) is 36.0 Å². The molecule has 2 aromatic carbocycles. The standard InChI is InChI=1S/C28H28N4O2S/c1-3-34-23-15-11-21(12-16-23)31-18-6-8-25(31)27-26(24-7-4-5-17-29-24)30-28(35)32(27)19-20-9-13-22(33-2)14-10-20/h4-18,26-27H,3,19H2,1-2H3,(H,30,35)/t26-,27+/m0/s1. The predicted octanol–water partition coefficient (Wildman–Crippen LogP) is 5.45. The van der Waals surface area contributed by atoms with E-state index in [0.29, 0.717) is 18.3 Å². The molecule has 2 atom stereocenters. The second kappa shape index (κ2) is 10.2. The third-order valence-electron chi connectivity index (χ3n) is 6.22. The van der Waals surface area contributed by atoms with Gasteiger partial charge < -0.3 is 24.3 Å². The van der Waals surface area contributed by atoms with E-state index >= 15 is 0 Å². The summed E-state index contributed by atoms with van der Waals surface area (Å²) >= 11 is 5.86. The van der Waals surface area contributed by atoms with Crippen molar-refractivity contribution >= 4 is 17.3 Å². The zero-order valence-corrected chi connectivity index (χ0v) is 20.6. The van der Waals surface area contributed by atoms with Gasteiger partial charge in [0.05, 0.1) is 31.5 Å². The molecule has 178 valence electrons. The Hall–Kier alpha value is -3.84. The Kier molecular flexibility index (Phi) is 6.68. The van der Waals surface area contributed by atoms with Gasteiger partial charge in [-0.05, 0) is 85.4 Å². The molecule has 0 unspecified atom stereocenters. The van der Waals surface area contributed by atoms with E-state index in [1.807, 2.05) is 55.6 Å². The molecule has 2 aromatic heterocycles. The normalized spacial score (nSPS) is 17.3. The zero-order chi connectivity index (χ0) is 24.2. The molecule has 1 saturated heterocycles. The number of benzene rings is 2. The number of hydrogen-bond acceptors (Lipinski definition) is 4. The first kappa shape index (κ1) is 22.9. The van der Waals surface area contributed by atoms with Gasteiger partial charge in [-0.2, -0.15) is 0 Å². The first-order valence-electron chi connectivity index (χ1n) is 11.7. The van der Waals surface area contributed by atoms with Crippen LogP contribution in [-0.4, -0.2) is 33.3 Å². The van der Waals surface area contributed by atoms with Gasteiger partial charge in [0.2, 0.25) is 0 Å². The van der Waals surface area contributed by atoms with E-state index in [0.717, 1.165) is 34.1 Å². The molecular weight excluding hydrogens is 456 g/mol. The molecule has 3 heterocycles. The second-order valence-corrected chi connectivity index (χ2v) is 8.72. The molecule has 4 aromatic rings. The Morgan fingerprint density at radius 1 is 0.943 bits per heavy atom. The average molecular weight is 485 g/mol. The van der Waals surface area contributed by atoms with Gasteiger partial charge >= 0.3 is 0 Å². The van der Waals surface area contributed by atoms with Crippen LogP contribution in [0, 0.1) is 0 Å². The van der Waals surface area contributed by atoms with Crippen LogP contribution in [0.5, 0.6) is 11.5 Å². The molecule has 0 saturated carbocycles. The number of nitrogens with zero attached hydrogens (tertiary/aromatic N) is 3. The third-order valence-corrected chi connectivity index (χ3v) is 6.57. The Balaban J connectivity index is 1.54. The molecule has 0 aliphatic carbocycles. The summed E-state index contributed by atoms with van der Waals surface area (Å²) in [5.41, 5.74) is 4.30. The minimum atomic E-state index is -0.0849. The van der Waals surface area contributed by atoms with Crippen LogP contribution in [0.3, 0.4) is 0 Å². The number of methoxy groups -OCH3 is 1. The summed E-state index contributed by atoms with van der Waals surface area (Å²) in [6.07, 6.45) is 3.92. The van der Waals surface area contributed by atoms with Crippen LogP contribution in [0.15, 0.2) is 91.3 Å². The third kappa shape index (κ3) is 4.72. The molecule has 1 fully saturated rings. The minimum Gasteiger partial charge on any atom is -0.497 e. The first-order chi connectivity index (χ1) is 17.2. The molecule has 0 radical (unpaired) electrons. The Bertz CT molecular complexity index is 1270. The Labute approximate surface area is 211 Å². The molecule has 1 aliphatic rings. The fourth-order valence-electron chi connectivity index (χ4n) is 4.56. The van der Waals surface area contributed by atoms with Gasteiger partial charge in [0.25, 0.3) is 0 Å². The van der Waals surface area contributed by atoms with Gasteiger partial charge in [0, 0.05) is 30.3 Å². The molecule has 5 rings (SSSR count). The van der Waals surface area contributed by atoms with E-state index in [4.69, 9.17) is 21.7 Å². The van der Waals surface area contributed by atoms with Crippen molar-refractivity contribution in [3.63, 3.8) is 0 Å². The minimum absolute atomic E-state index is 0.0546. The fraction of sp³-hybridized carbons (Fsp3) is 0.214. The molecule has 35 heavy (non-hydrogen) atoms. The van der Waals surface area contributed by atoms with Crippen molar-refractivity contribution in [1.29, 1.82) is 0 Å². The summed E-state index contributed by atoms with van der Waals surface area (Å²) in [5, 5.41) is 4.25.